The number of hydrogen-bond acceptors (Lipinski definition) is 4. The van der Waals surface area contributed by atoms with E-state index in [1.807, 2.05) is 36.9 Å². The van der Waals surface area contributed by atoms with Crippen LogP contribution in [0.4, 0.5) is 0 Å². The van der Waals surface area contributed by atoms with Gasteiger partial charge in [-0.1, -0.05) is 0 Å². The molecule has 1 fully saturated rings. The van der Waals surface area contributed by atoms with Crippen LogP contribution in [0.15, 0.2) is 18.2 Å². The minimum Gasteiger partial charge on any atom is -0.497 e. The van der Waals surface area contributed by atoms with E-state index in [4.69, 9.17) is 10.5 Å². The third-order valence-corrected chi connectivity index (χ3v) is 6.02. The Morgan fingerprint density at radius 3 is 2.83 bits per heavy atom. The van der Waals surface area contributed by atoms with E-state index in [2.05, 4.69) is 0 Å². The van der Waals surface area contributed by atoms with Gasteiger partial charge in [0.1, 0.15) is 5.75 Å². The Balaban J connectivity index is 0.00000208. The van der Waals surface area contributed by atoms with Crippen molar-refractivity contribution >= 4 is 39.7 Å². The molecule has 1 aromatic heterocycles. The number of likely N-dealkylation sites (tertiary alicyclic amines) is 1. The second-order valence-electron chi connectivity index (χ2n) is 6.34. The van der Waals surface area contributed by atoms with Gasteiger partial charge >= 0.3 is 0 Å². The number of aryl methyl sites for hydroxylation is 1. The molecule has 0 aliphatic carbocycles. The van der Waals surface area contributed by atoms with Crippen LogP contribution in [-0.4, -0.2) is 36.5 Å². The van der Waals surface area contributed by atoms with Crippen molar-refractivity contribution in [2.24, 2.45) is 5.73 Å². The van der Waals surface area contributed by atoms with Gasteiger partial charge < -0.3 is 15.4 Å². The third kappa shape index (κ3) is 3.39. The summed E-state index contributed by atoms with van der Waals surface area (Å²) < 4.78 is 6.43. The van der Waals surface area contributed by atoms with Gasteiger partial charge in [0.05, 0.1) is 12.0 Å². The molecule has 2 unspecified atom stereocenters. The molecule has 0 bridgehead atoms. The minimum absolute atomic E-state index is 0. The Kier molecular flexibility index (Phi) is 6.12. The van der Waals surface area contributed by atoms with Gasteiger partial charge in [0, 0.05) is 23.3 Å². The minimum atomic E-state index is 0. The molecule has 1 saturated heterocycles. The van der Waals surface area contributed by atoms with Crippen LogP contribution in [0.3, 0.4) is 0 Å². The van der Waals surface area contributed by atoms with Gasteiger partial charge in [0.25, 0.3) is 5.91 Å². The second kappa shape index (κ2) is 7.72. The number of halogens is 1. The van der Waals surface area contributed by atoms with Crippen LogP contribution in [0.5, 0.6) is 5.75 Å². The summed E-state index contributed by atoms with van der Waals surface area (Å²) in [7, 11) is 1.66. The van der Waals surface area contributed by atoms with Gasteiger partial charge in [-0.3, -0.25) is 4.79 Å². The number of rotatable bonds is 3. The van der Waals surface area contributed by atoms with Crippen molar-refractivity contribution in [3.63, 3.8) is 0 Å². The zero-order valence-electron chi connectivity index (χ0n) is 14.4. The van der Waals surface area contributed by atoms with Crippen LogP contribution in [0.1, 0.15) is 41.4 Å². The Hall–Kier alpha value is -1.30. The fourth-order valence-corrected chi connectivity index (χ4v) is 4.56. The summed E-state index contributed by atoms with van der Waals surface area (Å²) in [6.45, 7) is 4.83. The summed E-state index contributed by atoms with van der Waals surface area (Å²) in [5, 5.41) is 1.10. The molecular formula is C18H25ClN2O2S. The molecule has 24 heavy (non-hydrogen) atoms. The van der Waals surface area contributed by atoms with E-state index in [9.17, 15) is 4.79 Å². The van der Waals surface area contributed by atoms with Gasteiger partial charge in [-0.2, -0.15) is 0 Å². The number of methoxy groups -OCH3 is 1. The number of carbonyl (C=O) groups excluding carboxylic acids is 1. The predicted molar refractivity (Wildman–Crippen MR) is 103 cm³/mol. The van der Waals surface area contributed by atoms with Crippen LogP contribution in [0.2, 0.25) is 0 Å². The van der Waals surface area contributed by atoms with Crippen molar-refractivity contribution in [1.82, 2.24) is 4.90 Å². The van der Waals surface area contributed by atoms with Crippen molar-refractivity contribution in [3.8, 4) is 5.75 Å². The maximum atomic E-state index is 13.1. The van der Waals surface area contributed by atoms with E-state index in [-0.39, 0.29) is 30.4 Å². The average Bonchev–Trinajstić information content (AvgIpc) is 2.90. The van der Waals surface area contributed by atoms with E-state index < -0.39 is 0 Å². The number of hydrogen-bond donors (Lipinski definition) is 1. The van der Waals surface area contributed by atoms with Crippen molar-refractivity contribution in [2.45, 2.75) is 45.2 Å². The van der Waals surface area contributed by atoms with Gasteiger partial charge in [-0.25, -0.2) is 0 Å². The zero-order chi connectivity index (χ0) is 16.6. The molecule has 0 saturated carbocycles. The lowest BCUT2D eigenvalue weighted by atomic mass is 9.96. The molecule has 4 nitrogen and oxygen atoms in total. The highest BCUT2D eigenvalue weighted by Crippen LogP contribution is 2.35. The highest BCUT2D eigenvalue weighted by Gasteiger charge is 2.31. The molecule has 1 aliphatic rings. The number of amides is 1. The fourth-order valence-electron chi connectivity index (χ4n) is 3.42. The van der Waals surface area contributed by atoms with E-state index in [1.165, 1.54) is 0 Å². The van der Waals surface area contributed by atoms with Gasteiger partial charge in [-0.15, -0.1) is 23.7 Å². The number of nitrogens with two attached hydrogens (primary N) is 1. The third-order valence-electron chi connectivity index (χ3n) is 4.75. The highest BCUT2D eigenvalue weighted by atomic mass is 35.5. The molecule has 0 radical (unpaired) electrons. The monoisotopic (exact) mass is 368 g/mol. The molecule has 2 aromatic rings. The summed E-state index contributed by atoms with van der Waals surface area (Å²) in [6.07, 6.45) is 3.21. The molecule has 2 heterocycles. The maximum absolute atomic E-state index is 13.1. The first-order chi connectivity index (χ1) is 11.0. The number of piperidine rings is 1. The number of thiophene rings is 1. The van der Waals surface area contributed by atoms with Crippen molar-refractivity contribution in [2.75, 3.05) is 13.7 Å². The average molecular weight is 369 g/mol. The van der Waals surface area contributed by atoms with Gasteiger partial charge in [0.2, 0.25) is 0 Å². The molecule has 2 N–H and O–H groups in total. The number of benzene rings is 1. The van der Waals surface area contributed by atoms with Gasteiger partial charge in [0.15, 0.2) is 0 Å². The molecule has 1 aromatic carbocycles. The van der Waals surface area contributed by atoms with Crippen LogP contribution in [0.25, 0.3) is 10.1 Å². The van der Waals surface area contributed by atoms with Crippen LogP contribution < -0.4 is 10.5 Å². The Morgan fingerprint density at radius 2 is 2.17 bits per heavy atom. The number of carbonyl (C=O) groups is 1. The summed E-state index contributed by atoms with van der Waals surface area (Å²) >= 11 is 1.57. The lowest BCUT2D eigenvalue weighted by Gasteiger charge is -2.38. The lowest BCUT2D eigenvalue weighted by molar-refractivity contribution is 0.0588. The Labute approximate surface area is 153 Å². The molecule has 1 aliphatic heterocycles. The molecule has 132 valence electrons. The predicted octanol–water partition coefficient (Wildman–Crippen LogP) is 3.98. The highest BCUT2D eigenvalue weighted by molar-refractivity contribution is 7.21. The fraction of sp³-hybridized carbons (Fsp3) is 0.500. The molecule has 2 atom stereocenters. The van der Waals surface area contributed by atoms with Crippen LogP contribution in [-0.2, 0) is 0 Å². The number of nitrogens with zero attached hydrogens (tertiary/aromatic N) is 1. The number of fused-ring (bicyclic) bond motifs is 1. The number of ether oxygens (including phenoxy) is 1. The molecular weight excluding hydrogens is 344 g/mol. The zero-order valence-corrected chi connectivity index (χ0v) is 16.0. The normalized spacial score (nSPS) is 19.0. The first-order valence-electron chi connectivity index (χ1n) is 8.16. The molecule has 1 amide bonds. The van der Waals surface area contributed by atoms with Crippen molar-refractivity contribution < 1.29 is 9.53 Å². The van der Waals surface area contributed by atoms with E-state index in [0.717, 1.165) is 52.1 Å². The SMILES string of the molecule is COc1ccc2sc(C(=O)N3CCCCC3C(C)N)c(C)c2c1.Cl. The molecule has 0 spiro atoms. The quantitative estimate of drug-likeness (QED) is 0.891. The summed E-state index contributed by atoms with van der Waals surface area (Å²) in [5.74, 6) is 0.952. The first kappa shape index (κ1) is 19.0. The van der Waals surface area contributed by atoms with Gasteiger partial charge in [-0.05, 0) is 62.3 Å². The van der Waals surface area contributed by atoms with E-state index >= 15 is 0 Å². The topological polar surface area (TPSA) is 55.6 Å². The standard InChI is InChI=1S/C18H24N2O2S.ClH/c1-11-14-10-13(22-3)7-8-16(14)23-17(11)18(21)20-9-5-4-6-15(20)12(2)19;/h7-8,10,12,15H,4-6,9,19H2,1-3H3;1H. The maximum Gasteiger partial charge on any atom is 0.264 e. The Bertz CT molecular complexity index is 729. The van der Waals surface area contributed by atoms with Crippen LogP contribution >= 0.6 is 23.7 Å². The summed E-state index contributed by atoms with van der Waals surface area (Å²) in [6, 6.07) is 6.14. The Morgan fingerprint density at radius 1 is 1.42 bits per heavy atom. The first-order valence-corrected chi connectivity index (χ1v) is 8.98. The van der Waals surface area contributed by atoms with Crippen LogP contribution in [0, 0.1) is 6.92 Å². The van der Waals surface area contributed by atoms with E-state index in [1.54, 1.807) is 18.4 Å². The van der Waals surface area contributed by atoms with Crippen molar-refractivity contribution in [3.05, 3.63) is 28.6 Å². The van der Waals surface area contributed by atoms with E-state index in [0.29, 0.717) is 0 Å². The smallest absolute Gasteiger partial charge is 0.264 e. The van der Waals surface area contributed by atoms with Crippen molar-refractivity contribution in [1.29, 1.82) is 0 Å². The second-order valence-corrected chi connectivity index (χ2v) is 7.39. The molecule has 3 rings (SSSR count). The summed E-state index contributed by atoms with van der Waals surface area (Å²) in [5.41, 5.74) is 7.16. The summed E-state index contributed by atoms with van der Waals surface area (Å²) in [4.78, 5) is 15.9. The molecule has 6 heteroatoms. The lowest BCUT2D eigenvalue weighted by Crippen LogP contribution is -2.51. The largest absolute Gasteiger partial charge is 0.497 e.